The summed E-state index contributed by atoms with van der Waals surface area (Å²) in [6.45, 7) is 8.00. The Hall–Kier alpha value is -1.96. The van der Waals surface area contributed by atoms with Crippen molar-refractivity contribution >= 4 is 12.3 Å². The van der Waals surface area contributed by atoms with Crippen molar-refractivity contribution in [1.82, 2.24) is 10.2 Å². The molecule has 2 fully saturated rings. The molecule has 3 atom stereocenters. The molecule has 7 heteroatoms. The molecule has 3 unspecified atom stereocenters. The fraction of sp³-hybridized carbons (Fsp3) is 0.680. The summed E-state index contributed by atoms with van der Waals surface area (Å²) in [7, 11) is 3.12. The minimum atomic E-state index is -1.10. The Morgan fingerprint density at radius 1 is 1.38 bits per heavy atom. The van der Waals surface area contributed by atoms with Crippen LogP contribution in [0.5, 0.6) is 5.75 Å². The lowest BCUT2D eigenvalue weighted by Crippen LogP contribution is -2.68. The van der Waals surface area contributed by atoms with Gasteiger partial charge in [0.2, 0.25) is 12.3 Å². The summed E-state index contributed by atoms with van der Waals surface area (Å²) in [6, 6.07) is 5.76. The first kappa shape index (κ1) is 26.3. The average Bonchev–Trinajstić information content (AvgIpc) is 3.60. The number of nitrogens with one attached hydrogen (secondary N) is 1. The van der Waals surface area contributed by atoms with Gasteiger partial charge in [-0.05, 0) is 82.3 Å². The Bertz CT molecular complexity index is 782. The van der Waals surface area contributed by atoms with E-state index < -0.39 is 11.0 Å². The number of aliphatic hydroxyl groups is 1. The van der Waals surface area contributed by atoms with E-state index in [1.54, 1.807) is 7.11 Å². The molecule has 1 aromatic rings. The molecule has 1 heterocycles. The van der Waals surface area contributed by atoms with Gasteiger partial charge in [0.1, 0.15) is 5.75 Å². The quantitative estimate of drug-likeness (QED) is 0.503. The SMILES string of the molecule is CCCC1(O)C(C)N(CC2CC2)CCC1(CC(=O)NC=O)c1cc(OC)ccc1C.CN. The number of likely N-dealkylation sites (tertiary alicyclic amines) is 1. The number of carbonyl (C=O) groups is 2. The summed E-state index contributed by atoms with van der Waals surface area (Å²) in [5.41, 5.74) is 4.56. The van der Waals surface area contributed by atoms with Gasteiger partial charge < -0.3 is 15.6 Å². The van der Waals surface area contributed by atoms with Crippen LogP contribution in [0.4, 0.5) is 0 Å². The van der Waals surface area contributed by atoms with E-state index >= 15 is 0 Å². The predicted molar refractivity (Wildman–Crippen MR) is 127 cm³/mol. The lowest BCUT2D eigenvalue weighted by atomic mass is 9.56. The molecule has 0 spiro atoms. The summed E-state index contributed by atoms with van der Waals surface area (Å²) < 4.78 is 5.49. The Kier molecular flexibility index (Phi) is 9.25. The third-order valence-electron chi connectivity index (χ3n) is 7.36. The van der Waals surface area contributed by atoms with Crippen molar-refractivity contribution in [2.45, 2.75) is 76.4 Å². The van der Waals surface area contributed by atoms with Crippen LogP contribution in [0.2, 0.25) is 0 Å². The third kappa shape index (κ3) is 5.16. The summed E-state index contributed by atoms with van der Waals surface area (Å²) in [5.74, 6) is 1.07. The van der Waals surface area contributed by atoms with E-state index in [1.807, 2.05) is 25.1 Å². The third-order valence-corrected chi connectivity index (χ3v) is 7.36. The fourth-order valence-electron chi connectivity index (χ4n) is 5.50. The second-order valence-electron chi connectivity index (χ2n) is 9.16. The molecule has 0 aromatic heterocycles. The number of methoxy groups -OCH3 is 1. The van der Waals surface area contributed by atoms with Crippen LogP contribution in [0.3, 0.4) is 0 Å². The molecule has 3 rings (SSSR count). The van der Waals surface area contributed by atoms with Gasteiger partial charge in [-0.15, -0.1) is 0 Å². The van der Waals surface area contributed by atoms with Crippen molar-refractivity contribution in [1.29, 1.82) is 0 Å². The highest BCUT2D eigenvalue weighted by molar-refractivity contribution is 5.87. The molecule has 1 aromatic carbocycles. The Morgan fingerprint density at radius 3 is 2.62 bits per heavy atom. The molecule has 1 aliphatic heterocycles. The number of piperidine rings is 1. The Balaban J connectivity index is 0.00000176. The molecule has 32 heavy (non-hydrogen) atoms. The number of hydrogen-bond donors (Lipinski definition) is 3. The molecule has 7 nitrogen and oxygen atoms in total. The van der Waals surface area contributed by atoms with Crippen molar-refractivity contribution < 1.29 is 19.4 Å². The molecule has 1 saturated carbocycles. The average molecular weight is 448 g/mol. The van der Waals surface area contributed by atoms with Crippen LogP contribution in [-0.2, 0) is 15.0 Å². The summed E-state index contributed by atoms with van der Waals surface area (Å²) in [5, 5.41) is 14.7. The number of nitrogens with zero attached hydrogens (tertiary/aromatic N) is 1. The van der Waals surface area contributed by atoms with Crippen LogP contribution in [0.1, 0.15) is 63.5 Å². The minimum absolute atomic E-state index is 0.0673. The first-order valence-corrected chi connectivity index (χ1v) is 11.7. The van der Waals surface area contributed by atoms with Crippen LogP contribution in [-0.4, -0.2) is 61.2 Å². The minimum Gasteiger partial charge on any atom is -0.497 e. The number of aryl methyl sites for hydroxylation is 1. The monoisotopic (exact) mass is 447 g/mol. The van der Waals surface area contributed by atoms with Crippen LogP contribution < -0.4 is 15.8 Å². The van der Waals surface area contributed by atoms with Gasteiger partial charge in [0, 0.05) is 24.4 Å². The Morgan fingerprint density at radius 2 is 2.06 bits per heavy atom. The first-order chi connectivity index (χ1) is 15.3. The van der Waals surface area contributed by atoms with E-state index in [2.05, 4.69) is 29.8 Å². The van der Waals surface area contributed by atoms with Gasteiger partial charge in [0.15, 0.2) is 0 Å². The van der Waals surface area contributed by atoms with E-state index in [0.29, 0.717) is 25.0 Å². The van der Waals surface area contributed by atoms with Crippen LogP contribution >= 0.6 is 0 Å². The van der Waals surface area contributed by atoms with Gasteiger partial charge in [-0.25, -0.2) is 0 Å². The van der Waals surface area contributed by atoms with Crippen molar-refractivity contribution in [3.8, 4) is 5.75 Å². The van der Waals surface area contributed by atoms with E-state index in [1.165, 1.54) is 19.9 Å². The lowest BCUT2D eigenvalue weighted by Gasteiger charge is -2.58. The topological polar surface area (TPSA) is 105 Å². The zero-order valence-corrected chi connectivity index (χ0v) is 20.3. The van der Waals surface area contributed by atoms with Crippen LogP contribution in [0.15, 0.2) is 18.2 Å². The normalized spacial score (nSPS) is 27.8. The van der Waals surface area contributed by atoms with Crippen molar-refractivity contribution in [3.63, 3.8) is 0 Å². The number of carbonyl (C=O) groups excluding carboxylic acids is 2. The fourth-order valence-corrected chi connectivity index (χ4v) is 5.50. The maximum absolute atomic E-state index is 12.7. The van der Waals surface area contributed by atoms with Crippen LogP contribution in [0.25, 0.3) is 0 Å². The van der Waals surface area contributed by atoms with Gasteiger partial charge in [-0.1, -0.05) is 19.4 Å². The smallest absolute Gasteiger partial charge is 0.227 e. The van der Waals surface area contributed by atoms with E-state index in [4.69, 9.17) is 4.74 Å². The molecule has 180 valence electrons. The molecule has 2 amide bonds. The molecular formula is C25H41N3O4. The summed E-state index contributed by atoms with van der Waals surface area (Å²) in [4.78, 5) is 26.1. The molecular weight excluding hydrogens is 406 g/mol. The lowest BCUT2D eigenvalue weighted by molar-refractivity contribution is -0.152. The number of amides is 2. The number of ether oxygens (including phenoxy) is 1. The van der Waals surface area contributed by atoms with Crippen molar-refractivity contribution in [2.75, 3.05) is 27.2 Å². The highest BCUT2D eigenvalue weighted by Crippen LogP contribution is 2.52. The number of imide groups is 1. The second kappa shape index (κ2) is 11.3. The first-order valence-electron chi connectivity index (χ1n) is 11.7. The Labute approximate surface area is 192 Å². The maximum atomic E-state index is 12.7. The maximum Gasteiger partial charge on any atom is 0.227 e. The van der Waals surface area contributed by atoms with E-state index in [-0.39, 0.29) is 18.4 Å². The van der Waals surface area contributed by atoms with E-state index in [9.17, 15) is 14.7 Å². The number of rotatable bonds is 9. The molecule has 0 radical (unpaired) electrons. The number of benzene rings is 1. The van der Waals surface area contributed by atoms with Gasteiger partial charge >= 0.3 is 0 Å². The molecule has 0 bridgehead atoms. The summed E-state index contributed by atoms with van der Waals surface area (Å²) >= 11 is 0. The zero-order valence-electron chi connectivity index (χ0n) is 20.3. The highest BCUT2D eigenvalue weighted by atomic mass is 16.5. The van der Waals surface area contributed by atoms with Crippen molar-refractivity contribution in [3.05, 3.63) is 29.3 Å². The van der Waals surface area contributed by atoms with Gasteiger partial charge in [-0.2, -0.15) is 0 Å². The second-order valence-corrected chi connectivity index (χ2v) is 9.16. The van der Waals surface area contributed by atoms with E-state index in [0.717, 1.165) is 36.6 Å². The largest absolute Gasteiger partial charge is 0.497 e. The van der Waals surface area contributed by atoms with Crippen molar-refractivity contribution in [2.24, 2.45) is 11.7 Å². The number of hydrogen-bond acceptors (Lipinski definition) is 6. The molecule has 1 aliphatic carbocycles. The van der Waals surface area contributed by atoms with Gasteiger partial charge in [0.05, 0.1) is 12.7 Å². The zero-order chi connectivity index (χ0) is 23.9. The van der Waals surface area contributed by atoms with Crippen LogP contribution in [0, 0.1) is 12.8 Å². The summed E-state index contributed by atoms with van der Waals surface area (Å²) in [6.07, 6.45) is 5.06. The molecule has 1 saturated heterocycles. The van der Waals surface area contributed by atoms with Gasteiger partial charge in [-0.3, -0.25) is 19.8 Å². The number of nitrogens with two attached hydrogens (primary N) is 1. The highest BCUT2D eigenvalue weighted by Gasteiger charge is 2.59. The predicted octanol–water partition coefficient (Wildman–Crippen LogP) is 2.51. The van der Waals surface area contributed by atoms with Gasteiger partial charge in [0.25, 0.3) is 0 Å². The standard InChI is InChI=1S/C24H36N2O4.CH5N/c1-5-10-24(29)18(3)26(15-19-7-8-19)12-11-23(24,14-22(28)25-16-27)21-13-20(30-4)9-6-17(21)2;1-2/h6,9,13,16,18-19,29H,5,7-8,10-12,14-15H2,1-4H3,(H,25,27,28);2H2,1H3. The molecule has 4 N–H and O–H groups in total. The molecule has 2 aliphatic rings.